The quantitative estimate of drug-likeness (QED) is 0.656. The minimum atomic E-state index is -0.297. The van der Waals surface area contributed by atoms with Gasteiger partial charge in [0.1, 0.15) is 12.4 Å². The Morgan fingerprint density at radius 2 is 1.89 bits per heavy atom. The third-order valence-corrected chi connectivity index (χ3v) is 4.02. The third-order valence-electron chi connectivity index (χ3n) is 3.82. The molecule has 1 aromatic heterocycles. The molecule has 3 rings (SSSR count). The first-order valence-electron chi connectivity index (χ1n) is 8.42. The third kappa shape index (κ3) is 5.36. The molecule has 0 bridgehead atoms. The van der Waals surface area contributed by atoms with Crippen LogP contribution >= 0.6 is 12.2 Å². The summed E-state index contributed by atoms with van der Waals surface area (Å²) in [5.41, 5.74) is 2.95. The second-order valence-corrected chi connectivity index (χ2v) is 6.25. The molecule has 1 heterocycles. The van der Waals surface area contributed by atoms with Gasteiger partial charge in [0.25, 0.3) is 5.91 Å². The lowest BCUT2D eigenvalue weighted by atomic mass is 10.2. The molecule has 3 aromatic rings. The van der Waals surface area contributed by atoms with Gasteiger partial charge in [0.15, 0.2) is 5.11 Å². The van der Waals surface area contributed by atoms with Crippen LogP contribution in [0.1, 0.15) is 21.6 Å². The zero-order valence-corrected chi connectivity index (χ0v) is 15.6. The molecule has 2 aromatic carbocycles. The average molecular weight is 377 g/mol. The van der Waals surface area contributed by atoms with Gasteiger partial charge in [-0.15, -0.1) is 0 Å². The molecule has 0 aliphatic heterocycles. The standard InChI is InChI=1S/C21H19N3O2S/c1-15-19(11-6-12-22-15)20(25)24-21(27)23-17-9-5-10-18(13-17)26-14-16-7-3-2-4-8-16/h2-13H,14H2,1H3,(H2,23,24,25,27). The molecular weight excluding hydrogens is 358 g/mol. The maximum absolute atomic E-state index is 12.3. The second-order valence-electron chi connectivity index (χ2n) is 5.85. The molecule has 5 nitrogen and oxygen atoms in total. The van der Waals surface area contributed by atoms with E-state index in [-0.39, 0.29) is 11.0 Å². The van der Waals surface area contributed by atoms with Gasteiger partial charge in [-0.2, -0.15) is 0 Å². The molecule has 136 valence electrons. The molecule has 27 heavy (non-hydrogen) atoms. The number of aryl methyl sites for hydroxylation is 1. The summed E-state index contributed by atoms with van der Waals surface area (Å²) in [6.45, 7) is 2.25. The molecule has 0 aliphatic carbocycles. The van der Waals surface area contributed by atoms with Crippen molar-refractivity contribution in [2.75, 3.05) is 5.32 Å². The van der Waals surface area contributed by atoms with Crippen molar-refractivity contribution in [3.05, 3.63) is 89.7 Å². The largest absolute Gasteiger partial charge is 0.489 e. The Bertz CT molecular complexity index is 945. The summed E-state index contributed by atoms with van der Waals surface area (Å²) < 4.78 is 5.80. The number of aromatic nitrogens is 1. The van der Waals surface area contributed by atoms with Crippen LogP contribution in [0.4, 0.5) is 5.69 Å². The predicted molar refractivity (Wildman–Crippen MR) is 110 cm³/mol. The van der Waals surface area contributed by atoms with Crippen molar-refractivity contribution in [1.29, 1.82) is 0 Å². The fourth-order valence-electron chi connectivity index (χ4n) is 2.46. The van der Waals surface area contributed by atoms with Gasteiger partial charge >= 0.3 is 0 Å². The summed E-state index contributed by atoms with van der Waals surface area (Å²) in [6.07, 6.45) is 1.64. The lowest BCUT2D eigenvalue weighted by molar-refractivity contribution is 0.0976. The Balaban J connectivity index is 1.58. The summed E-state index contributed by atoms with van der Waals surface area (Å²) in [5.74, 6) is 0.413. The number of benzene rings is 2. The van der Waals surface area contributed by atoms with Crippen molar-refractivity contribution in [2.24, 2.45) is 0 Å². The highest BCUT2D eigenvalue weighted by Crippen LogP contribution is 2.18. The van der Waals surface area contributed by atoms with Gasteiger partial charge in [0.2, 0.25) is 0 Å². The van der Waals surface area contributed by atoms with E-state index in [1.54, 1.807) is 25.3 Å². The monoisotopic (exact) mass is 377 g/mol. The van der Waals surface area contributed by atoms with E-state index in [2.05, 4.69) is 15.6 Å². The molecule has 0 unspecified atom stereocenters. The van der Waals surface area contributed by atoms with Gasteiger partial charge in [-0.25, -0.2) is 0 Å². The van der Waals surface area contributed by atoms with Gasteiger partial charge in [0, 0.05) is 23.6 Å². The number of carbonyl (C=O) groups excluding carboxylic acids is 1. The number of nitrogens with one attached hydrogen (secondary N) is 2. The molecule has 6 heteroatoms. The van der Waals surface area contributed by atoms with Crippen LogP contribution < -0.4 is 15.4 Å². The molecule has 0 atom stereocenters. The van der Waals surface area contributed by atoms with Crippen LogP contribution in [-0.4, -0.2) is 16.0 Å². The Kier molecular flexibility index (Phi) is 6.12. The van der Waals surface area contributed by atoms with Gasteiger partial charge in [-0.1, -0.05) is 36.4 Å². The SMILES string of the molecule is Cc1ncccc1C(=O)NC(=S)Nc1cccc(OCc2ccccc2)c1. The van der Waals surface area contributed by atoms with E-state index in [1.807, 2.05) is 54.6 Å². The summed E-state index contributed by atoms with van der Waals surface area (Å²) in [4.78, 5) is 16.4. The number of pyridine rings is 1. The van der Waals surface area contributed by atoms with Crippen LogP contribution in [0.3, 0.4) is 0 Å². The first-order valence-corrected chi connectivity index (χ1v) is 8.83. The fourth-order valence-corrected chi connectivity index (χ4v) is 2.67. The number of amides is 1. The fraction of sp³-hybridized carbons (Fsp3) is 0.0952. The van der Waals surface area contributed by atoms with E-state index in [1.165, 1.54) is 0 Å². The van der Waals surface area contributed by atoms with E-state index in [9.17, 15) is 4.79 Å². The lowest BCUT2D eigenvalue weighted by Crippen LogP contribution is -2.34. The number of carbonyl (C=O) groups is 1. The molecule has 2 N–H and O–H groups in total. The van der Waals surface area contributed by atoms with Crippen molar-refractivity contribution in [2.45, 2.75) is 13.5 Å². The lowest BCUT2D eigenvalue weighted by Gasteiger charge is -2.12. The van der Waals surface area contributed by atoms with Crippen molar-refractivity contribution in [1.82, 2.24) is 10.3 Å². The van der Waals surface area contributed by atoms with Crippen LogP contribution in [0.25, 0.3) is 0 Å². The topological polar surface area (TPSA) is 63.2 Å². The highest BCUT2D eigenvalue weighted by atomic mass is 32.1. The molecule has 0 fully saturated rings. The zero-order valence-electron chi connectivity index (χ0n) is 14.8. The normalized spacial score (nSPS) is 10.1. The van der Waals surface area contributed by atoms with Crippen LogP contribution in [0.15, 0.2) is 72.9 Å². The van der Waals surface area contributed by atoms with E-state index in [4.69, 9.17) is 17.0 Å². The first kappa shape index (κ1) is 18.5. The summed E-state index contributed by atoms with van der Waals surface area (Å²) in [7, 11) is 0. The van der Waals surface area contributed by atoms with E-state index in [0.29, 0.717) is 23.6 Å². The zero-order chi connectivity index (χ0) is 19.1. The van der Waals surface area contributed by atoms with Crippen LogP contribution in [0.2, 0.25) is 0 Å². The maximum Gasteiger partial charge on any atom is 0.259 e. The highest BCUT2D eigenvalue weighted by Gasteiger charge is 2.11. The maximum atomic E-state index is 12.3. The molecule has 0 spiro atoms. The number of ether oxygens (including phenoxy) is 1. The Hall–Kier alpha value is -3.25. The molecular formula is C21H19N3O2S. The van der Waals surface area contributed by atoms with E-state index < -0.39 is 0 Å². The molecule has 0 aliphatic rings. The molecule has 1 amide bonds. The Morgan fingerprint density at radius 3 is 2.67 bits per heavy atom. The van der Waals surface area contributed by atoms with E-state index in [0.717, 1.165) is 11.3 Å². The van der Waals surface area contributed by atoms with Crippen molar-refractivity contribution < 1.29 is 9.53 Å². The number of anilines is 1. The summed E-state index contributed by atoms with van der Waals surface area (Å²) >= 11 is 5.24. The van der Waals surface area contributed by atoms with Gasteiger partial charge in [-0.3, -0.25) is 15.1 Å². The Labute approximate surface area is 163 Å². The van der Waals surface area contributed by atoms with Crippen LogP contribution in [-0.2, 0) is 6.61 Å². The smallest absolute Gasteiger partial charge is 0.259 e. The number of rotatable bonds is 5. The number of nitrogens with zero attached hydrogens (tertiary/aromatic N) is 1. The summed E-state index contributed by atoms with van der Waals surface area (Å²) in [5, 5.41) is 5.87. The minimum Gasteiger partial charge on any atom is -0.489 e. The van der Waals surface area contributed by atoms with Crippen LogP contribution in [0, 0.1) is 6.92 Å². The second kappa shape index (κ2) is 8.91. The van der Waals surface area contributed by atoms with Gasteiger partial charge < -0.3 is 10.1 Å². The van der Waals surface area contributed by atoms with Gasteiger partial charge in [0.05, 0.1) is 5.56 Å². The van der Waals surface area contributed by atoms with Crippen LogP contribution in [0.5, 0.6) is 5.75 Å². The summed E-state index contributed by atoms with van der Waals surface area (Å²) in [6, 6.07) is 20.8. The number of thiocarbonyl (C=S) groups is 1. The first-order chi connectivity index (χ1) is 13.1. The minimum absolute atomic E-state index is 0.212. The van der Waals surface area contributed by atoms with Crippen molar-refractivity contribution in [3.8, 4) is 5.75 Å². The number of hydrogen-bond acceptors (Lipinski definition) is 4. The molecule has 0 saturated heterocycles. The van der Waals surface area contributed by atoms with Crippen molar-refractivity contribution in [3.63, 3.8) is 0 Å². The molecule has 0 radical (unpaired) electrons. The van der Waals surface area contributed by atoms with Gasteiger partial charge in [-0.05, 0) is 49.0 Å². The van der Waals surface area contributed by atoms with Crippen molar-refractivity contribution >= 4 is 28.9 Å². The Morgan fingerprint density at radius 1 is 1.07 bits per heavy atom. The number of hydrogen-bond donors (Lipinski definition) is 2. The predicted octanol–water partition coefficient (Wildman–Crippen LogP) is 4.10. The molecule has 0 saturated carbocycles. The average Bonchev–Trinajstić information content (AvgIpc) is 2.67. The van der Waals surface area contributed by atoms with E-state index >= 15 is 0 Å². The highest BCUT2D eigenvalue weighted by molar-refractivity contribution is 7.80.